The molecule has 0 bridgehead atoms. The summed E-state index contributed by atoms with van der Waals surface area (Å²) in [6, 6.07) is 9.97. The molecule has 0 spiro atoms. The van der Waals surface area contributed by atoms with Gasteiger partial charge in [-0.3, -0.25) is 4.79 Å². The number of carboxylic acid groups (broad SMARTS) is 1. The Morgan fingerprint density at radius 1 is 1.08 bits per heavy atom. The number of aliphatic carboxylic acids is 1. The van der Waals surface area contributed by atoms with Crippen LogP contribution in [0.5, 0.6) is 11.5 Å². The van der Waals surface area contributed by atoms with Crippen molar-refractivity contribution in [2.75, 3.05) is 14.2 Å². The van der Waals surface area contributed by atoms with Gasteiger partial charge in [-0.1, -0.05) is 6.07 Å². The minimum atomic E-state index is -0.945. The van der Waals surface area contributed by atoms with Crippen LogP contribution in [0.2, 0.25) is 0 Å². The number of fused-ring (bicyclic) bond motifs is 1. The fourth-order valence-corrected chi connectivity index (χ4v) is 3.21. The van der Waals surface area contributed by atoms with Gasteiger partial charge >= 0.3 is 5.97 Å². The molecule has 0 saturated carbocycles. The molecule has 2 aromatic rings. The third-order valence-electron chi connectivity index (χ3n) is 4.47. The van der Waals surface area contributed by atoms with E-state index in [1.807, 2.05) is 25.1 Å². The van der Waals surface area contributed by atoms with Gasteiger partial charge in [0.15, 0.2) is 0 Å². The fourth-order valence-electron chi connectivity index (χ4n) is 3.21. The lowest BCUT2D eigenvalue weighted by molar-refractivity contribution is -0.135. The summed E-state index contributed by atoms with van der Waals surface area (Å²) < 4.78 is 24.3. The van der Waals surface area contributed by atoms with E-state index in [1.165, 1.54) is 12.1 Å². The van der Waals surface area contributed by atoms with E-state index in [0.29, 0.717) is 22.6 Å². The van der Waals surface area contributed by atoms with Crippen molar-refractivity contribution >= 4 is 23.2 Å². The lowest BCUT2D eigenvalue weighted by Crippen LogP contribution is -1.97. The van der Waals surface area contributed by atoms with Gasteiger partial charge in [-0.25, -0.2) is 4.39 Å². The molecule has 0 fully saturated rings. The summed E-state index contributed by atoms with van der Waals surface area (Å²) in [6.45, 7) is 1.86. The van der Waals surface area contributed by atoms with Gasteiger partial charge in [0.05, 0.1) is 20.6 Å². The molecule has 134 valence electrons. The van der Waals surface area contributed by atoms with E-state index in [1.54, 1.807) is 26.4 Å². The van der Waals surface area contributed by atoms with Crippen LogP contribution >= 0.6 is 0 Å². The Morgan fingerprint density at radius 3 is 2.31 bits per heavy atom. The van der Waals surface area contributed by atoms with E-state index in [2.05, 4.69) is 0 Å². The Labute approximate surface area is 151 Å². The Morgan fingerprint density at radius 2 is 1.73 bits per heavy atom. The van der Waals surface area contributed by atoms with Gasteiger partial charge in [-0.05, 0) is 70.7 Å². The minimum absolute atomic E-state index is 0.152. The fraction of sp³-hybridized carbons (Fsp3) is 0.190. The second kappa shape index (κ2) is 7.04. The zero-order chi connectivity index (χ0) is 18.8. The Kier molecular flexibility index (Phi) is 4.80. The van der Waals surface area contributed by atoms with Gasteiger partial charge in [-0.2, -0.15) is 0 Å². The van der Waals surface area contributed by atoms with Crippen molar-refractivity contribution < 1.29 is 23.8 Å². The average Bonchev–Trinajstić information content (AvgIpc) is 2.86. The van der Waals surface area contributed by atoms with Crippen LogP contribution < -0.4 is 9.47 Å². The number of allylic oxidation sites excluding steroid dienone is 2. The lowest BCUT2D eigenvalue weighted by Gasteiger charge is -2.08. The second-order valence-electron chi connectivity index (χ2n) is 6.07. The maximum absolute atomic E-state index is 13.7. The van der Waals surface area contributed by atoms with Crippen LogP contribution in [-0.4, -0.2) is 25.3 Å². The molecule has 1 aliphatic carbocycles. The molecule has 0 unspecified atom stereocenters. The van der Waals surface area contributed by atoms with Gasteiger partial charge in [0.25, 0.3) is 0 Å². The third-order valence-corrected chi connectivity index (χ3v) is 4.47. The number of ether oxygens (including phenoxy) is 2. The van der Waals surface area contributed by atoms with Crippen LogP contribution in [0.4, 0.5) is 4.39 Å². The summed E-state index contributed by atoms with van der Waals surface area (Å²) in [6.07, 6.45) is 1.78. The maximum Gasteiger partial charge on any atom is 0.307 e. The van der Waals surface area contributed by atoms with Crippen molar-refractivity contribution in [3.8, 4) is 11.5 Å². The summed E-state index contributed by atoms with van der Waals surface area (Å²) in [5.41, 5.74) is 4.63. The van der Waals surface area contributed by atoms with Crippen LogP contribution in [-0.2, 0) is 4.79 Å². The first-order valence-electron chi connectivity index (χ1n) is 8.10. The average molecular weight is 354 g/mol. The quantitative estimate of drug-likeness (QED) is 0.849. The largest absolute Gasteiger partial charge is 0.497 e. The van der Waals surface area contributed by atoms with Crippen molar-refractivity contribution in [2.24, 2.45) is 0 Å². The molecular weight excluding hydrogens is 335 g/mol. The van der Waals surface area contributed by atoms with Gasteiger partial charge in [0.1, 0.15) is 17.3 Å². The first-order chi connectivity index (χ1) is 12.4. The van der Waals surface area contributed by atoms with E-state index < -0.39 is 5.97 Å². The predicted octanol–water partition coefficient (Wildman–Crippen LogP) is 4.65. The second-order valence-corrected chi connectivity index (χ2v) is 6.07. The van der Waals surface area contributed by atoms with Crippen LogP contribution in [0.1, 0.15) is 30.0 Å². The Bertz CT molecular complexity index is 919. The smallest absolute Gasteiger partial charge is 0.307 e. The van der Waals surface area contributed by atoms with Crippen molar-refractivity contribution in [3.05, 3.63) is 64.5 Å². The molecule has 26 heavy (non-hydrogen) atoms. The van der Waals surface area contributed by atoms with Crippen molar-refractivity contribution in [3.63, 3.8) is 0 Å². The normalized spacial score (nSPS) is 14.5. The summed E-state index contributed by atoms with van der Waals surface area (Å²) in [5.74, 6) is -0.0237. The van der Waals surface area contributed by atoms with Crippen molar-refractivity contribution in [1.82, 2.24) is 0 Å². The summed E-state index contributed by atoms with van der Waals surface area (Å²) in [4.78, 5) is 11.2. The van der Waals surface area contributed by atoms with E-state index in [4.69, 9.17) is 9.47 Å². The molecule has 0 saturated heterocycles. The summed E-state index contributed by atoms with van der Waals surface area (Å²) in [7, 11) is 3.16. The van der Waals surface area contributed by atoms with Crippen LogP contribution in [0.25, 0.3) is 17.2 Å². The molecule has 0 aromatic heterocycles. The van der Waals surface area contributed by atoms with Gasteiger partial charge in [-0.15, -0.1) is 0 Å². The molecular formula is C21H19FO4. The molecule has 2 aromatic carbocycles. The first kappa shape index (κ1) is 17.7. The molecule has 0 aliphatic heterocycles. The predicted molar refractivity (Wildman–Crippen MR) is 98.7 cm³/mol. The summed E-state index contributed by atoms with van der Waals surface area (Å²) in [5, 5.41) is 9.22. The van der Waals surface area contributed by atoms with E-state index in [9.17, 15) is 14.3 Å². The first-order valence-corrected chi connectivity index (χ1v) is 8.10. The SMILES string of the molecule is COc1cc(/C=C2/C(C)=C(CC(=O)O)c3cc(F)ccc32)cc(OC)c1. The standard InChI is InChI=1S/C21H19FO4/c1-12-18(8-13-6-15(25-2)10-16(7-13)26-3)17-5-4-14(22)9-20(17)19(12)11-21(23)24/h4-10H,11H2,1-3H3,(H,23,24)/b18-8-. The maximum atomic E-state index is 13.7. The molecule has 0 amide bonds. The van der Waals surface area contributed by atoms with Crippen LogP contribution in [0, 0.1) is 5.82 Å². The highest BCUT2D eigenvalue weighted by Crippen LogP contribution is 2.44. The molecule has 0 radical (unpaired) electrons. The molecule has 1 aliphatic rings. The van der Waals surface area contributed by atoms with Crippen LogP contribution in [0.3, 0.4) is 0 Å². The highest BCUT2D eigenvalue weighted by atomic mass is 19.1. The molecule has 1 N–H and O–H groups in total. The number of carbonyl (C=O) groups is 1. The number of benzene rings is 2. The zero-order valence-corrected chi connectivity index (χ0v) is 14.8. The molecule has 0 heterocycles. The van der Waals surface area contributed by atoms with Crippen molar-refractivity contribution in [2.45, 2.75) is 13.3 Å². The summed E-state index contributed by atoms with van der Waals surface area (Å²) >= 11 is 0. The number of methoxy groups -OCH3 is 2. The topological polar surface area (TPSA) is 55.8 Å². The van der Waals surface area contributed by atoms with E-state index in [0.717, 1.165) is 22.3 Å². The Hall–Kier alpha value is -3.08. The highest BCUT2D eigenvalue weighted by molar-refractivity contribution is 6.07. The van der Waals surface area contributed by atoms with Gasteiger partial charge in [0, 0.05) is 6.07 Å². The minimum Gasteiger partial charge on any atom is -0.497 e. The lowest BCUT2D eigenvalue weighted by atomic mass is 10.0. The molecule has 5 heteroatoms. The van der Waals surface area contributed by atoms with E-state index >= 15 is 0 Å². The number of halogens is 1. The van der Waals surface area contributed by atoms with Crippen LogP contribution in [0.15, 0.2) is 42.0 Å². The molecule has 0 atom stereocenters. The van der Waals surface area contributed by atoms with Gasteiger partial charge < -0.3 is 14.6 Å². The van der Waals surface area contributed by atoms with E-state index in [-0.39, 0.29) is 12.2 Å². The monoisotopic (exact) mass is 354 g/mol. The highest BCUT2D eigenvalue weighted by Gasteiger charge is 2.25. The van der Waals surface area contributed by atoms with Crippen molar-refractivity contribution in [1.29, 1.82) is 0 Å². The molecule has 3 rings (SSSR count). The number of rotatable bonds is 5. The number of hydrogen-bond donors (Lipinski definition) is 1. The number of hydrogen-bond acceptors (Lipinski definition) is 3. The van der Waals surface area contributed by atoms with Gasteiger partial charge in [0.2, 0.25) is 0 Å². The molecule has 4 nitrogen and oxygen atoms in total. The Balaban J connectivity index is 2.17. The number of carboxylic acids is 1. The third kappa shape index (κ3) is 3.33. The zero-order valence-electron chi connectivity index (χ0n) is 14.8.